The standard InChI is InChI=1S/C15H17FN4O/c1-2-20(10-12-5-3-4-8-18-12)14-7-6-11(9-13(14)16)15(17)19-21/h3-9,21H,2,10H2,1H3,(H2,17,19). The van der Waals surface area contributed by atoms with E-state index >= 15 is 0 Å². The van der Waals surface area contributed by atoms with Gasteiger partial charge in [-0.1, -0.05) is 11.2 Å². The van der Waals surface area contributed by atoms with Crippen LogP contribution in [0.4, 0.5) is 10.1 Å². The molecule has 6 heteroatoms. The van der Waals surface area contributed by atoms with Crippen LogP contribution in [0.25, 0.3) is 0 Å². The largest absolute Gasteiger partial charge is 0.409 e. The second kappa shape index (κ2) is 6.69. The minimum Gasteiger partial charge on any atom is -0.409 e. The lowest BCUT2D eigenvalue weighted by Crippen LogP contribution is -2.24. The molecular formula is C15H17FN4O. The van der Waals surface area contributed by atoms with Crippen molar-refractivity contribution in [3.8, 4) is 0 Å². The smallest absolute Gasteiger partial charge is 0.170 e. The molecule has 0 fully saturated rings. The minimum atomic E-state index is -0.420. The Hall–Kier alpha value is -2.63. The highest BCUT2D eigenvalue weighted by molar-refractivity contribution is 5.97. The molecule has 0 aliphatic heterocycles. The van der Waals surface area contributed by atoms with Crippen LogP contribution in [0, 0.1) is 5.82 Å². The van der Waals surface area contributed by atoms with E-state index in [1.807, 2.05) is 30.0 Å². The van der Waals surface area contributed by atoms with Gasteiger partial charge in [-0.05, 0) is 37.3 Å². The van der Waals surface area contributed by atoms with Crippen LogP contribution in [0.3, 0.4) is 0 Å². The summed E-state index contributed by atoms with van der Waals surface area (Å²) in [5.41, 5.74) is 7.11. The van der Waals surface area contributed by atoms with E-state index in [4.69, 9.17) is 10.9 Å². The maximum absolute atomic E-state index is 14.2. The minimum absolute atomic E-state index is 0.117. The van der Waals surface area contributed by atoms with Crippen LogP contribution in [-0.2, 0) is 6.54 Å². The molecule has 110 valence electrons. The van der Waals surface area contributed by atoms with Gasteiger partial charge >= 0.3 is 0 Å². The number of nitrogens with two attached hydrogens (primary N) is 1. The molecule has 2 rings (SSSR count). The molecule has 0 saturated heterocycles. The molecule has 0 radical (unpaired) electrons. The zero-order valence-electron chi connectivity index (χ0n) is 11.7. The first-order valence-corrected chi connectivity index (χ1v) is 6.58. The van der Waals surface area contributed by atoms with Crippen LogP contribution in [0.5, 0.6) is 0 Å². The van der Waals surface area contributed by atoms with Crippen molar-refractivity contribution in [2.75, 3.05) is 11.4 Å². The Morgan fingerprint density at radius 3 is 2.76 bits per heavy atom. The maximum Gasteiger partial charge on any atom is 0.170 e. The van der Waals surface area contributed by atoms with Gasteiger partial charge in [-0.25, -0.2) is 4.39 Å². The Morgan fingerprint density at radius 2 is 2.19 bits per heavy atom. The summed E-state index contributed by atoms with van der Waals surface area (Å²) in [5.74, 6) is -0.537. The number of anilines is 1. The lowest BCUT2D eigenvalue weighted by molar-refractivity contribution is 0.318. The van der Waals surface area contributed by atoms with Gasteiger partial charge in [0.1, 0.15) is 5.82 Å². The van der Waals surface area contributed by atoms with Crippen molar-refractivity contribution in [3.05, 3.63) is 59.7 Å². The summed E-state index contributed by atoms with van der Waals surface area (Å²) >= 11 is 0. The van der Waals surface area contributed by atoms with Crippen LogP contribution in [-0.4, -0.2) is 22.6 Å². The molecule has 0 amide bonds. The fourth-order valence-corrected chi connectivity index (χ4v) is 2.03. The summed E-state index contributed by atoms with van der Waals surface area (Å²) in [6.45, 7) is 3.09. The van der Waals surface area contributed by atoms with Crippen molar-refractivity contribution in [2.45, 2.75) is 13.5 Å². The molecule has 1 aromatic carbocycles. The average Bonchev–Trinajstić information content (AvgIpc) is 2.53. The summed E-state index contributed by atoms with van der Waals surface area (Å²) in [6, 6.07) is 10.1. The van der Waals surface area contributed by atoms with Gasteiger partial charge in [-0.15, -0.1) is 0 Å². The van der Waals surface area contributed by atoms with Crippen molar-refractivity contribution in [1.82, 2.24) is 4.98 Å². The third-order valence-corrected chi connectivity index (χ3v) is 3.15. The second-order valence-electron chi connectivity index (χ2n) is 4.49. The molecule has 1 aromatic heterocycles. The first-order valence-electron chi connectivity index (χ1n) is 6.58. The Balaban J connectivity index is 2.26. The van der Waals surface area contributed by atoms with E-state index in [2.05, 4.69) is 10.1 Å². The number of hydrogen-bond acceptors (Lipinski definition) is 4. The van der Waals surface area contributed by atoms with E-state index in [1.165, 1.54) is 6.07 Å². The highest BCUT2D eigenvalue weighted by Crippen LogP contribution is 2.22. The number of benzene rings is 1. The van der Waals surface area contributed by atoms with Crippen molar-refractivity contribution < 1.29 is 9.60 Å². The SMILES string of the molecule is CCN(Cc1ccccn1)c1ccc(/C(N)=N/O)cc1F. The van der Waals surface area contributed by atoms with Crippen molar-refractivity contribution in [3.63, 3.8) is 0 Å². The predicted molar refractivity (Wildman–Crippen MR) is 79.9 cm³/mol. The first kappa shape index (κ1) is 14.8. The zero-order chi connectivity index (χ0) is 15.2. The summed E-state index contributed by atoms with van der Waals surface area (Å²) in [5, 5.41) is 11.5. The van der Waals surface area contributed by atoms with E-state index in [0.717, 1.165) is 5.69 Å². The summed E-state index contributed by atoms with van der Waals surface area (Å²) < 4.78 is 14.2. The summed E-state index contributed by atoms with van der Waals surface area (Å²) in [7, 11) is 0. The Kier molecular flexibility index (Phi) is 4.71. The number of rotatable bonds is 5. The first-order chi connectivity index (χ1) is 10.2. The molecule has 5 nitrogen and oxygen atoms in total. The van der Waals surface area contributed by atoms with Gasteiger partial charge in [0.15, 0.2) is 5.84 Å². The van der Waals surface area contributed by atoms with Gasteiger partial charge in [0, 0.05) is 18.3 Å². The molecule has 0 spiro atoms. The van der Waals surface area contributed by atoms with Crippen LogP contribution in [0.15, 0.2) is 47.8 Å². The molecule has 0 bridgehead atoms. The Labute approximate surface area is 122 Å². The third kappa shape index (κ3) is 3.47. The fraction of sp³-hybridized carbons (Fsp3) is 0.200. The van der Waals surface area contributed by atoms with E-state index < -0.39 is 5.82 Å². The highest BCUT2D eigenvalue weighted by Gasteiger charge is 2.13. The van der Waals surface area contributed by atoms with Crippen LogP contribution in [0.1, 0.15) is 18.2 Å². The number of amidine groups is 1. The number of halogens is 1. The lowest BCUT2D eigenvalue weighted by Gasteiger charge is -2.23. The van der Waals surface area contributed by atoms with Gasteiger partial charge in [0.25, 0.3) is 0 Å². The van der Waals surface area contributed by atoms with Crippen molar-refractivity contribution in [2.24, 2.45) is 10.9 Å². The Morgan fingerprint density at radius 1 is 1.38 bits per heavy atom. The molecule has 0 aliphatic rings. The van der Waals surface area contributed by atoms with Gasteiger partial charge in [-0.3, -0.25) is 4.98 Å². The van der Waals surface area contributed by atoms with Crippen LogP contribution >= 0.6 is 0 Å². The molecule has 0 saturated carbocycles. The van der Waals surface area contributed by atoms with Crippen LogP contribution in [0.2, 0.25) is 0 Å². The highest BCUT2D eigenvalue weighted by atomic mass is 19.1. The number of oxime groups is 1. The van der Waals surface area contributed by atoms with E-state index in [-0.39, 0.29) is 5.84 Å². The molecule has 2 aromatic rings. The summed E-state index contributed by atoms with van der Waals surface area (Å²) in [4.78, 5) is 6.11. The molecule has 1 heterocycles. The van der Waals surface area contributed by atoms with Gasteiger partial charge < -0.3 is 15.8 Å². The van der Waals surface area contributed by atoms with E-state index in [9.17, 15) is 4.39 Å². The number of nitrogens with zero attached hydrogens (tertiary/aromatic N) is 3. The maximum atomic E-state index is 14.2. The summed E-state index contributed by atoms with van der Waals surface area (Å²) in [6.07, 6.45) is 1.71. The van der Waals surface area contributed by atoms with E-state index in [0.29, 0.717) is 24.3 Å². The molecule has 3 N–H and O–H groups in total. The normalized spacial score (nSPS) is 11.4. The second-order valence-corrected chi connectivity index (χ2v) is 4.49. The monoisotopic (exact) mass is 288 g/mol. The quantitative estimate of drug-likeness (QED) is 0.383. The Bertz CT molecular complexity index is 631. The van der Waals surface area contributed by atoms with Gasteiger partial charge in [0.2, 0.25) is 0 Å². The average molecular weight is 288 g/mol. The van der Waals surface area contributed by atoms with Gasteiger partial charge in [0.05, 0.1) is 17.9 Å². The topological polar surface area (TPSA) is 74.7 Å². The van der Waals surface area contributed by atoms with E-state index in [1.54, 1.807) is 18.3 Å². The lowest BCUT2D eigenvalue weighted by atomic mass is 10.1. The van der Waals surface area contributed by atoms with Crippen molar-refractivity contribution >= 4 is 11.5 Å². The fourth-order valence-electron chi connectivity index (χ4n) is 2.03. The van der Waals surface area contributed by atoms with Gasteiger partial charge in [-0.2, -0.15) is 0 Å². The molecule has 0 atom stereocenters. The molecular weight excluding hydrogens is 271 g/mol. The molecule has 0 aliphatic carbocycles. The molecule has 0 unspecified atom stereocenters. The third-order valence-electron chi connectivity index (χ3n) is 3.15. The zero-order valence-corrected chi connectivity index (χ0v) is 11.7. The predicted octanol–water partition coefficient (Wildman–Crippen LogP) is 2.34. The number of aromatic nitrogens is 1. The van der Waals surface area contributed by atoms with Crippen LogP contribution < -0.4 is 10.6 Å². The number of pyridine rings is 1. The number of hydrogen-bond donors (Lipinski definition) is 2. The van der Waals surface area contributed by atoms with Crippen molar-refractivity contribution in [1.29, 1.82) is 0 Å². The molecule has 21 heavy (non-hydrogen) atoms.